The molecule has 0 spiro atoms. The first-order valence-electron chi connectivity index (χ1n) is 4.91. The first-order chi connectivity index (χ1) is 7.25. The van der Waals surface area contributed by atoms with Gasteiger partial charge in [0.2, 0.25) is 0 Å². The van der Waals surface area contributed by atoms with E-state index in [2.05, 4.69) is 4.98 Å². The molecule has 0 bridgehead atoms. The smallest absolute Gasteiger partial charge is 0.143 e. The molecule has 0 unspecified atom stereocenters. The van der Waals surface area contributed by atoms with Gasteiger partial charge in [0.05, 0.1) is 19.4 Å². The number of pyridine rings is 1. The Labute approximate surface area is 93.3 Å². The van der Waals surface area contributed by atoms with Gasteiger partial charge in [-0.05, 0) is 0 Å². The molecule has 1 aromatic heterocycles. The van der Waals surface area contributed by atoms with Crippen LogP contribution < -0.4 is 10.5 Å². The van der Waals surface area contributed by atoms with E-state index in [0.717, 1.165) is 26.1 Å². The van der Waals surface area contributed by atoms with Gasteiger partial charge in [-0.2, -0.15) is 0 Å². The molecule has 0 aromatic carbocycles. The van der Waals surface area contributed by atoms with Crippen LogP contribution in [0.2, 0.25) is 5.02 Å². The number of anilines is 1. The zero-order valence-electron chi connectivity index (χ0n) is 8.28. The fourth-order valence-corrected chi connectivity index (χ4v) is 1.65. The number of nitrogens with two attached hydrogens (primary N) is 1. The highest BCUT2D eigenvalue weighted by Crippen LogP contribution is 2.27. The minimum atomic E-state index is 0.165. The molecular formula is C10H13ClN2O2. The van der Waals surface area contributed by atoms with Gasteiger partial charge in [0.25, 0.3) is 0 Å². The van der Waals surface area contributed by atoms with E-state index in [4.69, 9.17) is 26.8 Å². The Morgan fingerprint density at radius 1 is 1.47 bits per heavy atom. The van der Waals surface area contributed by atoms with Crippen molar-refractivity contribution in [3.8, 4) is 5.75 Å². The third kappa shape index (κ3) is 2.73. The van der Waals surface area contributed by atoms with Gasteiger partial charge in [-0.15, -0.1) is 0 Å². The average Bonchev–Trinajstić information content (AvgIpc) is 2.25. The zero-order chi connectivity index (χ0) is 10.7. The topological polar surface area (TPSA) is 57.4 Å². The lowest BCUT2D eigenvalue weighted by molar-refractivity contribution is 0.0256. The molecule has 2 N–H and O–H groups in total. The lowest BCUT2D eigenvalue weighted by Crippen LogP contribution is -2.26. The highest BCUT2D eigenvalue weighted by Gasteiger charge is 2.16. The predicted octanol–water partition coefficient (Wildman–Crippen LogP) is 1.88. The van der Waals surface area contributed by atoms with E-state index in [9.17, 15) is 0 Å². The summed E-state index contributed by atoms with van der Waals surface area (Å²) >= 11 is 5.94. The number of hydrogen-bond donors (Lipinski definition) is 1. The Kier molecular flexibility index (Phi) is 3.28. The molecule has 1 fully saturated rings. The lowest BCUT2D eigenvalue weighted by atomic mass is 10.1. The van der Waals surface area contributed by atoms with Gasteiger partial charge in [0.15, 0.2) is 0 Å². The van der Waals surface area contributed by atoms with Gasteiger partial charge in [0.1, 0.15) is 22.7 Å². The minimum Gasteiger partial charge on any atom is -0.488 e. The second kappa shape index (κ2) is 4.68. The fourth-order valence-electron chi connectivity index (χ4n) is 1.50. The van der Waals surface area contributed by atoms with Crippen molar-refractivity contribution in [2.24, 2.45) is 0 Å². The van der Waals surface area contributed by atoms with E-state index < -0.39 is 0 Å². The molecule has 1 aromatic rings. The summed E-state index contributed by atoms with van der Waals surface area (Å²) in [7, 11) is 0. The molecular weight excluding hydrogens is 216 g/mol. The van der Waals surface area contributed by atoms with Crippen molar-refractivity contribution in [1.29, 1.82) is 0 Å². The van der Waals surface area contributed by atoms with Crippen LogP contribution in [0.5, 0.6) is 5.75 Å². The van der Waals surface area contributed by atoms with Crippen molar-refractivity contribution in [2.75, 3.05) is 18.9 Å². The van der Waals surface area contributed by atoms with Gasteiger partial charge in [0, 0.05) is 18.9 Å². The van der Waals surface area contributed by atoms with Crippen LogP contribution in [0, 0.1) is 0 Å². The third-order valence-electron chi connectivity index (χ3n) is 2.30. The Hall–Kier alpha value is -1.00. The highest BCUT2D eigenvalue weighted by atomic mass is 35.5. The Morgan fingerprint density at radius 2 is 2.20 bits per heavy atom. The maximum atomic E-state index is 5.94. The average molecular weight is 229 g/mol. The normalized spacial score (nSPS) is 17.7. The lowest BCUT2D eigenvalue weighted by Gasteiger charge is -2.23. The van der Waals surface area contributed by atoms with Crippen molar-refractivity contribution < 1.29 is 9.47 Å². The molecule has 5 heteroatoms. The van der Waals surface area contributed by atoms with Gasteiger partial charge in [-0.25, -0.2) is 4.98 Å². The Morgan fingerprint density at radius 3 is 2.93 bits per heavy atom. The second-order valence-electron chi connectivity index (χ2n) is 3.47. The molecule has 0 aliphatic carbocycles. The fraction of sp³-hybridized carbons (Fsp3) is 0.500. The van der Waals surface area contributed by atoms with Crippen molar-refractivity contribution in [2.45, 2.75) is 18.9 Å². The summed E-state index contributed by atoms with van der Waals surface area (Å²) in [6.45, 7) is 1.48. The number of aromatic nitrogens is 1. The molecule has 0 radical (unpaired) electrons. The first kappa shape index (κ1) is 10.5. The Bertz CT molecular complexity index is 340. The van der Waals surface area contributed by atoms with Crippen LogP contribution in [0.4, 0.5) is 5.82 Å². The highest BCUT2D eigenvalue weighted by molar-refractivity contribution is 6.31. The van der Waals surface area contributed by atoms with E-state index in [0.29, 0.717) is 16.6 Å². The van der Waals surface area contributed by atoms with E-state index in [-0.39, 0.29) is 6.10 Å². The number of nitrogens with zero attached hydrogens (tertiary/aromatic N) is 1. The van der Waals surface area contributed by atoms with E-state index in [1.54, 1.807) is 6.07 Å². The summed E-state index contributed by atoms with van der Waals surface area (Å²) in [6.07, 6.45) is 3.45. The molecule has 0 saturated carbocycles. The van der Waals surface area contributed by atoms with Crippen molar-refractivity contribution in [3.63, 3.8) is 0 Å². The van der Waals surface area contributed by atoms with Crippen LogP contribution in [-0.2, 0) is 4.74 Å². The molecule has 82 valence electrons. The predicted molar refractivity (Wildman–Crippen MR) is 58.1 cm³/mol. The third-order valence-corrected chi connectivity index (χ3v) is 2.59. The van der Waals surface area contributed by atoms with Gasteiger partial charge >= 0.3 is 0 Å². The summed E-state index contributed by atoms with van der Waals surface area (Å²) in [4.78, 5) is 3.87. The summed E-state index contributed by atoms with van der Waals surface area (Å²) < 4.78 is 11.0. The van der Waals surface area contributed by atoms with Crippen LogP contribution in [0.15, 0.2) is 12.3 Å². The molecule has 15 heavy (non-hydrogen) atoms. The molecule has 4 nitrogen and oxygen atoms in total. The largest absolute Gasteiger partial charge is 0.488 e. The number of halogens is 1. The second-order valence-corrected chi connectivity index (χ2v) is 3.88. The quantitative estimate of drug-likeness (QED) is 0.840. The van der Waals surface area contributed by atoms with Gasteiger partial charge in [-0.1, -0.05) is 11.6 Å². The maximum absolute atomic E-state index is 5.94. The monoisotopic (exact) mass is 228 g/mol. The molecule has 1 saturated heterocycles. The molecule has 0 atom stereocenters. The molecule has 1 aliphatic heterocycles. The summed E-state index contributed by atoms with van der Waals surface area (Å²) in [5.41, 5.74) is 5.56. The van der Waals surface area contributed by atoms with Crippen LogP contribution >= 0.6 is 11.6 Å². The number of nitrogen functional groups attached to an aromatic ring is 1. The van der Waals surface area contributed by atoms with Crippen LogP contribution in [-0.4, -0.2) is 24.3 Å². The number of rotatable bonds is 2. The van der Waals surface area contributed by atoms with Crippen molar-refractivity contribution in [3.05, 3.63) is 17.3 Å². The maximum Gasteiger partial charge on any atom is 0.143 e. The van der Waals surface area contributed by atoms with Gasteiger partial charge in [-0.3, -0.25) is 0 Å². The van der Waals surface area contributed by atoms with E-state index in [1.807, 2.05) is 0 Å². The van der Waals surface area contributed by atoms with Crippen LogP contribution in [0.3, 0.4) is 0 Å². The molecule has 2 heterocycles. The summed E-state index contributed by atoms with van der Waals surface area (Å²) in [5, 5.41) is 0.496. The van der Waals surface area contributed by atoms with Crippen molar-refractivity contribution in [1.82, 2.24) is 4.98 Å². The summed E-state index contributed by atoms with van der Waals surface area (Å²) in [5.74, 6) is 1.03. The van der Waals surface area contributed by atoms with E-state index in [1.165, 1.54) is 6.20 Å². The number of ether oxygens (including phenoxy) is 2. The van der Waals surface area contributed by atoms with Gasteiger partial charge < -0.3 is 15.2 Å². The molecule has 1 aliphatic rings. The first-order valence-corrected chi connectivity index (χ1v) is 5.29. The minimum absolute atomic E-state index is 0.165. The summed E-state index contributed by atoms with van der Waals surface area (Å²) in [6, 6.07) is 1.65. The van der Waals surface area contributed by atoms with E-state index >= 15 is 0 Å². The molecule has 2 rings (SSSR count). The van der Waals surface area contributed by atoms with Crippen molar-refractivity contribution >= 4 is 17.4 Å². The van der Waals surface area contributed by atoms with Crippen LogP contribution in [0.25, 0.3) is 0 Å². The standard InChI is InChI=1S/C10H13ClN2O2/c11-8-6-13-10(12)5-9(8)15-7-1-3-14-4-2-7/h5-7H,1-4H2,(H2,12,13). The SMILES string of the molecule is Nc1cc(OC2CCOCC2)c(Cl)cn1. The number of hydrogen-bond acceptors (Lipinski definition) is 4. The zero-order valence-corrected chi connectivity index (χ0v) is 9.04. The Balaban J connectivity index is 2.05. The van der Waals surface area contributed by atoms with Crippen LogP contribution in [0.1, 0.15) is 12.8 Å². The molecule has 0 amide bonds.